The van der Waals surface area contributed by atoms with Crippen molar-refractivity contribution in [2.45, 2.75) is 37.7 Å². The topological polar surface area (TPSA) is 59.8 Å². The highest BCUT2D eigenvalue weighted by atomic mass is 32.2. The van der Waals surface area contributed by atoms with E-state index in [0.717, 1.165) is 17.0 Å². The molecule has 0 aliphatic rings. The molecule has 0 fully saturated rings. The fraction of sp³-hybridized carbons (Fsp3) is 0.250. The average molecular weight is 384 g/mol. The molecule has 0 aliphatic heterocycles. The molecule has 27 heavy (non-hydrogen) atoms. The molecule has 0 aliphatic carbocycles. The van der Waals surface area contributed by atoms with E-state index in [4.69, 9.17) is 0 Å². The first kappa shape index (κ1) is 19.1. The van der Waals surface area contributed by atoms with Gasteiger partial charge in [0.15, 0.2) is 11.0 Å². The SMILES string of the molecule is CCn1c(S[C@@H](C)C(=O)Nc2cccc(F)c2)nnc1-c1ccccc1C. The number of carbonyl (C=O) groups is 1. The number of aryl methyl sites for hydroxylation is 1. The van der Waals surface area contributed by atoms with Gasteiger partial charge in [-0.1, -0.05) is 42.1 Å². The summed E-state index contributed by atoms with van der Waals surface area (Å²) in [4.78, 5) is 12.4. The molecule has 1 atom stereocenters. The summed E-state index contributed by atoms with van der Waals surface area (Å²) in [5, 5.41) is 11.6. The Morgan fingerprint density at radius 3 is 2.70 bits per heavy atom. The van der Waals surface area contributed by atoms with Crippen LogP contribution in [0.4, 0.5) is 10.1 Å². The molecule has 1 heterocycles. The first-order chi connectivity index (χ1) is 13.0. The van der Waals surface area contributed by atoms with Crippen LogP contribution in [0, 0.1) is 12.7 Å². The Hall–Kier alpha value is -2.67. The normalized spacial score (nSPS) is 12.0. The Kier molecular flexibility index (Phi) is 5.91. The van der Waals surface area contributed by atoms with Crippen LogP contribution in [0.5, 0.6) is 0 Å². The third-order valence-electron chi connectivity index (χ3n) is 4.16. The highest BCUT2D eigenvalue weighted by molar-refractivity contribution is 8.00. The predicted molar refractivity (Wildman–Crippen MR) is 106 cm³/mol. The summed E-state index contributed by atoms with van der Waals surface area (Å²) in [7, 11) is 0. The quantitative estimate of drug-likeness (QED) is 0.634. The number of nitrogens with one attached hydrogen (secondary N) is 1. The van der Waals surface area contributed by atoms with Gasteiger partial charge < -0.3 is 9.88 Å². The molecule has 0 radical (unpaired) electrons. The number of halogens is 1. The van der Waals surface area contributed by atoms with Crippen LogP contribution in [-0.2, 0) is 11.3 Å². The molecule has 2 aromatic carbocycles. The van der Waals surface area contributed by atoms with Gasteiger partial charge in [-0.2, -0.15) is 0 Å². The summed E-state index contributed by atoms with van der Waals surface area (Å²) in [6.45, 7) is 6.54. The van der Waals surface area contributed by atoms with Gasteiger partial charge in [0.05, 0.1) is 5.25 Å². The van der Waals surface area contributed by atoms with Crippen molar-refractivity contribution in [3.63, 3.8) is 0 Å². The van der Waals surface area contributed by atoms with Gasteiger partial charge >= 0.3 is 0 Å². The zero-order valence-electron chi connectivity index (χ0n) is 15.4. The van der Waals surface area contributed by atoms with Crippen LogP contribution in [0.3, 0.4) is 0 Å². The smallest absolute Gasteiger partial charge is 0.237 e. The van der Waals surface area contributed by atoms with E-state index in [-0.39, 0.29) is 11.7 Å². The molecule has 0 bridgehead atoms. The number of rotatable bonds is 6. The lowest BCUT2D eigenvalue weighted by Gasteiger charge is -2.13. The van der Waals surface area contributed by atoms with Crippen molar-refractivity contribution in [1.82, 2.24) is 14.8 Å². The summed E-state index contributed by atoms with van der Waals surface area (Å²) in [6.07, 6.45) is 0. The van der Waals surface area contributed by atoms with Gasteiger partial charge in [0, 0.05) is 17.8 Å². The van der Waals surface area contributed by atoms with Crippen LogP contribution in [0.15, 0.2) is 53.7 Å². The van der Waals surface area contributed by atoms with E-state index in [9.17, 15) is 9.18 Å². The molecule has 0 saturated carbocycles. The number of carbonyl (C=O) groups excluding carboxylic acids is 1. The maximum absolute atomic E-state index is 13.3. The summed E-state index contributed by atoms with van der Waals surface area (Å²) in [5.74, 6) is 0.186. The van der Waals surface area contributed by atoms with Crippen molar-refractivity contribution in [3.05, 3.63) is 59.9 Å². The number of thioether (sulfide) groups is 1. The van der Waals surface area contributed by atoms with E-state index >= 15 is 0 Å². The van der Waals surface area contributed by atoms with Crippen molar-refractivity contribution >= 4 is 23.4 Å². The Morgan fingerprint density at radius 2 is 2.00 bits per heavy atom. The Balaban J connectivity index is 1.77. The zero-order valence-corrected chi connectivity index (χ0v) is 16.3. The molecule has 0 unspecified atom stereocenters. The molecule has 7 heteroatoms. The lowest BCUT2D eigenvalue weighted by atomic mass is 10.1. The van der Waals surface area contributed by atoms with E-state index in [2.05, 4.69) is 15.5 Å². The van der Waals surface area contributed by atoms with Crippen LogP contribution < -0.4 is 5.32 Å². The largest absolute Gasteiger partial charge is 0.325 e. The molecule has 3 aromatic rings. The molecule has 1 amide bonds. The fourth-order valence-electron chi connectivity index (χ4n) is 2.71. The lowest BCUT2D eigenvalue weighted by Crippen LogP contribution is -2.23. The number of hydrogen-bond acceptors (Lipinski definition) is 4. The maximum atomic E-state index is 13.3. The summed E-state index contributed by atoms with van der Waals surface area (Å²) in [6, 6.07) is 13.9. The maximum Gasteiger partial charge on any atom is 0.237 e. The first-order valence-electron chi connectivity index (χ1n) is 8.72. The Morgan fingerprint density at radius 1 is 1.22 bits per heavy atom. The van der Waals surface area contributed by atoms with Gasteiger partial charge in [0.2, 0.25) is 5.91 Å². The summed E-state index contributed by atoms with van der Waals surface area (Å²) >= 11 is 1.33. The highest BCUT2D eigenvalue weighted by Crippen LogP contribution is 2.28. The third-order valence-corrected chi connectivity index (χ3v) is 5.24. The number of anilines is 1. The molecule has 0 spiro atoms. The van der Waals surface area contributed by atoms with Crippen LogP contribution >= 0.6 is 11.8 Å². The minimum Gasteiger partial charge on any atom is -0.325 e. The molecule has 1 N–H and O–H groups in total. The van der Waals surface area contributed by atoms with Gasteiger partial charge in [-0.3, -0.25) is 4.79 Å². The minimum absolute atomic E-state index is 0.214. The third kappa shape index (κ3) is 4.36. The lowest BCUT2D eigenvalue weighted by molar-refractivity contribution is -0.115. The van der Waals surface area contributed by atoms with Gasteiger partial charge in [0.25, 0.3) is 0 Å². The number of hydrogen-bond donors (Lipinski definition) is 1. The van der Waals surface area contributed by atoms with E-state index in [1.54, 1.807) is 19.1 Å². The van der Waals surface area contributed by atoms with E-state index in [1.165, 1.54) is 23.9 Å². The van der Waals surface area contributed by atoms with Crippen LogP contribution in [0.1, 0.15) is 19.4 Å². The summed E-state index contributed by atoms with van der Waals surface area (Å²) in [5.41, 5.74) is 2.58. The van der Waals surface area contributed by atoms with Crippen LogP contribution in [0.2, 0.25) is 0 Å². The molecule has 0 saturated heterocycles. The van der Waals surface area contributed by atoms with E-state index in [0.29, 0.717) is 17.4 Å². The minimum atomic E-state index is -0.410. The van der Waals surface area contributed by atoms with E-state index < -0.39 is 5.25 Å². The number of aromatic nitrogens is 3. The Labute approximate surface area is 162 Å². The molecule has 1 aromatic heterocycles. The predicted octanol–water partition coefficient (Wildman–Crippen LogP) is 4.53. The second-order valence-corrected chi connectivity index (χ2v) is 7.43. The van der Waals surface area contributed by atoms with Crippen LogP contribution in [-0.4, -0.2) is 25.9 Å². The highest BCUT2D eigenvalue weighted by Gasteiger charge is 2.21. The van der Waals surface area contributed by atoms with Gasteiger partial charge in [-0.15, -0.1) is 10.2 Å². The van der Waals surface area contributed by atoms with Crippen molar-refractivity contribution in [2.24, 2.45) is 0 Å². The molecular weight excluding hydrogens is 363 g/mol. The Bertz CT molecular complexity index is 957. The van der Waals surface area contributed by atoms with Gasteiger partial charge in [-0.25, -0.2) is 4.39 Å². The van der Waals surface area contributed by atoms with Gasteiger partial charge in [0.1, 0.15) is 5.82 Å². The van der Waals surface area contributed by atoms with Crippen molar-refractivity contribution in [2.75, 3.05) is 5.32 Å². The van der Waals surface area contributed by atoms with Gasteiger partial charge in [-0.05, 0) is 44.5 Å². The molecular formula is C20H21FN4OS. The second kappa shape index (κ2) is 8.35. The number of amides is 1. The number of nitrogens with zero attached hydrogens (tertiary/aromatic N) is 3. The molecule has 140 valence electrons. The zero-order chi connectivity index (χ0) is 19.4. The number of benzene rings is 2. The van der Waals surface area contributed by atoms with Crippen molar-refractivity contribution in [3.8, 4) is 11.4 Å². The van der Waals surface area contributed by atoms with Crippen molar-refractivity contribution in [1.29, 1.82) is 0 Å². The first-order valence-corrected chi connectivity index (χ1v) is 9.60. The monoisotopic (exact) mass is 384 g/mol. The molecule has 3 rings (SSSR count). The second-order valence-electron chi connectivity index (χ2n) is 6.13. The summed E-state index contributed by atoms with van der Waals surface area (Å²) < 4.78 is 15.3. The standard InChI is InChI=1S/C20H21FN4OS/c1-4-25-18(17-11-6-5-8-13(17)2)23-24-20(25)27-14(3)19(26)22-16-10-7-9-15(21)12-16/h5-12,14H,4H2,1-3H3,(H,22,26)/t14-/m0/s1. The molecule has 5 nitrogen and oxygen atoms in total. The van der Waals surface area contributed by atoms with Crippen molar-refractivity contribution < 1.29 is 9.18 Å². The van der Waals surface area contributed by atoms with E-state index in [1.807, 2.05) is 42.7 Å². The fourth-order valence-corrected chi connectivity index (χ4v) is 3.62. The van der Waals surface area contributed by atoms with Crippen LogP contribution in [0.25, 0.3) is 11.4 Å². The average Bonchev–Trinajstić information content (AvgIpc) is 3.04.